The molecule has 1 amide bonds. The van der Waals surface area contributed by atoms with Crippen LogP contribution >= 0.6 is 0 Å². The van der Waals surface area contributed by atoms with E-state index in [1.165, 1.54) is 5.56 Å². The number of hydrogen-bond donors (Lipinski definition) is 2. The number of rotatable bonds is 6. The number of carbonyl (C=O) groups excluding carboxylic acids is 1. The van der Waals surface area contributed by atoms with Crippen LogP contribution in [0.15, 0.2) is 48.5 Å². The first kappa shape index (κ1) is 16.8. The van der Waals surface area contributed by atoms with Crippen molar-refractivity contribution in [3.63, 3.8) is 0 Å². The van der Waals surface area contributed by atoms with Crippen LogP contribution < -0.4 is 5.32 Å². The summed E-state index contributed by atoms with van der Waals surface area (Å²) in [6.07, 6.45) is 4.01. The van der Waals surface area contributed by atoms with Gasteiger partial charge in [0.05, 0.1) is 17.1 Å². The van der Waals surface area contributed by atoms with Crippen molar-refractivity contribution in [1.29, 1.82) is 0 Å². The van der Waals surface area contributed by atoms with Crippen molar-refractivity contribution in [2.24, 2.45) is 0 Å². The number of hydrogen-bond acceptors (Lipinski definition) is 3. The first-order valence-electron chi connectivity index (χ1n) is 9.20. The SMILES string of the molecule is O=C(NCC1CCCO1)c1ccc(CCc2nc3ccccc3[nH]2)cc1. The summed E-state index contributed by atoms with van der Waals surface area (Å²) in [6.45, 7) is 1.40. The molecule has 1 fully saturated rings. The van der Waals surface area contributed by atoms with Gasteiger partial charge in [0.15, 0.2) is 0 Å². The number of benzene rings is 2. The van der Waals surface area contributed by atoms with E-state index in [0.717, 1.165) is 49.1 Å². The molecule has 2 heterocycles. The van der Waals surface area contributed by atoms with Crippen LogP contribution in [-0.2, 0) is 17.6 Å². The molecule has 1 aliphatic rings. The van der Waals surface area contributed by atoms with Gasteiger partial charge in [0.25, 0.3) is 5.91 Å². The van der Waals surface area contributed by atoms with E-state index in [2.05, 4.69) is 15.3 Å². The fourth-order valence-electron chi connectivity index (χ4n) is 3.32. The number of nitrogens with one attached hydrogen (secondary N) is 2. The van der Waals surface area contributed by atoms with Gasteiger partial charge in [-0.15, -0.1) is 0 Å². The van der Waals surface area contributed by atoms with E-state index in [9.17, 15) is 4.79 Å². The zero-order chi connectivity index (χ0) is 17.8. The molecule has 1 aliphatic heterocycles. The summed E-state index contributed by atoms with van der Waals surface area (Å²) in [5.41, 5.74) is 3.96. The van der Waals surface area contributed by atoms with E-state index >= 15 is 0 Å². The van der Waals surface area contributed by atoms with E-state index in [0.29, 0.717) is 12.1 Å². The van der Waals surface area contributed by atoms with Gasteiger partial charge in [-0.25, -0.2) is 4.98 Å². The van der Waals surface area contributed by atoms with Gasteiger partial charge in [-0.1, -0.05) is 24.3 Å². The number of aryl methyl sites for hydroxylation is 2. The number of amides is 1. The summed E-state index contributed by atoms with van der Waals surface area (Å²) in [4.78, 5) is 20.2. The van der Waals surface area contributed by atoms with Gasteiger partial charge in [0.1, 0.15) is 5.82 Å². The molecule has 2 N–H and O–H groups in total. The smallest absolute Gasteiger partial charge is 0.251 e. The van der Waals surface area contributed by atoms with Gasteiger partial charge in [-0.05, 0) is 49.1 Å². The standard InChI is InChI=1S/C21H23N3O2/c25-21(22-14-17-4-3-13-26-17)16-10-7-15(8-11-16)9-12-20-23-18-5-1-2-6-19(18)24-20/h1-2,5-8,10-11,17H,3-4,9,12-14H2,(H,22,25)(H,23,24). The van der Waals surface area contributed by atoms with Crippen LogP contribution in [0.5, 0.6) is 0 Å². The van der Waals surface area contributed by atoms with E-state index in [1.54, 1.807) is 0 Å². The number of imidazole rings is 1. The van der Waals surface area contributed by atoms with Crippen molar-refractivity contribution in [3.8, 4) is 0 Å². The highest BCUT2D eigenvalue weighted by molar-refractivity contribution is 5.94. The number of aromatic amines is 1. The summed E-state index contributed by atoms with van der Waals surface area (Å²) in [5, 5.41) is 2.95. The minimum atomic E-state index is -0.0377. The highest BCUT2D eigenvalue weighted by atomic mass is 16.5. The lowest BCUT2D eigenvalue weighted by Crippen LogP contribution is -2.31. The van der Waals surface area contributed by atoms with Crippen molar-refractivity contribution in [2.75, 3.05) is 13.2 Å². The summed E-state index contributed by atoms with van der Waals surface area (Å²) in [6, 6.07) is 15.9. The first-order chi connectivity index (χ1) is 12.8. The van der Waals surface area contributed by atoms with Crippen LogP contribution in [-0.4, -0.2) is 35.1 Å². The maximum atomic E-state index is 12.2. The largest absolute Gasteiger partial charge is 0.376 e. The molecule has 5 nitrogen and oxygen atoms in total. The van der Waals surface area contributed by atoms with E-state index in [-0.39, 0.29) is 12.0 Å². The highest BCUT2D eigenvalue weighted by Crippen LogP contribution is 2.14. The Labute approximate surface area is 152 Å². The van der Waals surface area contributed by atoms with Crippen molar-refractivity contribution >= 4 is 16.9 Å². The molecule has 0 aliphatic carbocycles. The Morgan fingerprint density at radius 2 is 2.00 bits per heavy atom. The molecule has 1 saturated heterocycles. The maximum Gasteiger partial charge on any atom is 0.251 e. The Bertz CT molecular complexity index is 847. The molecule has 1 atom stereocenters. The predicted octanol–water partition coefficient (Wildman–Crippen LogP) is 3.26. The lowest BCUT2D eigenvalue weighted by Gasteiger charge is -2.11. The monoisotopic (exact) mass is 349 g/mol. The van der Waals surface area contributed by atoms with Crippen molar-refractivity contribution in [2.45, 2.75) is 31.8 Å². The molecule has 0 spiro atoms. The normalized spacial score (nSPS) is 16.8. The molecule has 134 valence electrons. The number of aromatic nitrogens is 2. The highest BCUT2D eigenvalue weighted by Gasteiger charge is 2.16. The van der Waals surface area contributed by atoms with Crippen LogP contribution in [0.4, 0.5) is 0 Å². The van der Waals surface area contributed by atoms with Crippen LogP contribution in [0.1, 0.15) is 34.6 Å². The molecule has 0 saturated carbocycles. The second kappa shape index (κ2) is 7.70. The molecule has 1 aromatic heterocycles. The predicted molar refractivity (Wildman–Crippen MR) is 101 cm³/mol. The zero-order valence-corrected chi connectivity index (χ0v) is 14.7. The quantitative estimate of drug-likeness (QED) is 0.718. The summed E-state index contributed by atoms with van der Waals surface area (Å²) in [5.74, 6) is 0.953. The van der Waals surface area contributed by atoms with E-state index in [4.69, 9.17) is 4.74 Å². The fraction of sp³-hybridized carbons (Fsp3) is 0.333. The minimum absolute atomic E-state index is 0.0377. The molecular weight excluding hydrogens is 326 g/mol. The number of carbonyl (C=O) groups is 1. The van der Waals surface area contributed by atoms with Crippen LogP contribution in [0, 0.1) is 0 Å². The Morgan fingerprint density at radius 1 is 1.15 bits per heavy atom. The van der Waals surface area contributed by atoms with E-state index < -0.39 is 0 Å². The van der Waals surface area contributed by atoms with Gasteiger partial charge >= 0.3 is 0 Å². The zero-order valence-electron chi connectivity index (χ0n) is 14.7. The Morgan fingerprint density at radius 3 is 2.77 bits per heavy atom. The first-order valence-corrected chi connectivity index (χ1v) is 9.20. The van der Waals surface area contributed by atoms with Gasteiger partial charge in [-0.3, -0.25) is 4.79 Å². The third-order valence-electron chi connectivity index (χ3n) is 4.82. The number of fused-ring (bicyclic) bond motifs is 1. The molecular formula is C21H23N3O2. The lowest BCUT2D eigenvalue weighted by molar-refractivity contribution is 0.0858. The molecule has 2 aromatic carbocycles. The van der Waals surface area contributed by atoms with Gasteiger partial charge in [-0.2, -0.15) is 0 Å². The Hall–Kier alpha value is -2.66. The topological polar surface area (TPSA) is 67.0 Å². The third-order valence-corrected chi connectivity index (χ3v) is 4.82. The molecule has 1 unspecified atom stereocenters. The number of para-hydroxylation sites is 2. The van der Waals surface area contributed by atoms with Gasteiger partial charge < -0.3 is 15.0 Å². The van der Waals surface area contributed by atoms with Crippen LogP contribution in [0.25, 0.3) is 11.0 Å². The summed E-state index contributed by atoms with van der Waals surface area (Å²) in [7, 11) is 0. The third kappa shape index (κ3) is 3.94. The van der Waals surface area contributed by atoms with Crippen LogP contribution in [0.3, 0.4) is 0 Å². The average molecular weight is 349 g/mol. The van der Waals surface area contributed by atoms with E-state index in [1.807, 2.05) is 48.5 Å². The lowest BCUT2D eigenvalue weighted by atomic mass is 10.1. The van der Waals surface area contributed by atoms with Crippen LogP contribution in [0.2, 0.25) is 0 Å². The van der Waals surface area contributed by atoms with Crippen molar-refractivity contribution in [3.05, 3.63) is 65.5 Å². The van der Waals surface area contributed by atoms with Gasteiger partial charge in [0.2, 0.25) is 0 Å². The summed E-state index contributed by atoms with van der Waals surface area (Å²) >= 11 is 0. The minimum Gasteiger partial charge on any atom is -0.376 e. The maximum absolute atomic E-state index is 12.2. The molecule has 3 aromatic rings. The molecule has 5 heteroatoms. The van der Waals surface area contributed by atoms with Crippen molar-refractivity contribution < 1.29 is 9.53 Å². The Balaban J connectivity index is 1.31. The average Bonchev–Trinajstić information content (AvgIpc) is 3.34. The van der Waals surface area contributed by atoms with Crippen molar-refractivity contribution in [1.82, 2.24) is 15.3 Å². The number of H-pyrrole nitrogens is 1. The number of ether oxygens (including phenoxy) is 1. The second-order valence-corrected chi connectivity index (χ2v) is 6.74. The molecule has 26 heavy (non-hydrogen) atoms. The second-order valence-electron chi connectivity index (χ2n) is 6.74. The molecule has 4 rings (SSSR count). The van der Waals surface area contributed by atoms with Gasteiger partial charge in [0, 0.05) is 25.1 Å². The molecule has 0 bridgehead atoms. The molecule has 0 radical (unpaired) electrons. The number of nitrogens with zero attached hydrogens (tertiary/aromatic N) is 1. The summed E-state index contributed by atoms with van der Waals surface area (Å²) < 4.78 is 5.53. The Kier molecular flexibility index (Phi) is 4.97. The fourth-order valence-corrected chi connectivity index (χ4v) is 3.32.